The van der Waals surface area contributed by atoms with Crippen molar-refractivity contribution in [3.8, 4) is 0 Å². The number of ether oxygens (including phenoxy) is 1. The van der Waals surface area contributed by atoms with Gasteiger partial charge >= 0.3 is 5.97 Å². The maximum absolute atomic E-state index is 12.7. The van der Waals surface area contributed by atoms with Gasteiger partial charge in [0.1, 0.15) is 0 Å². The number of sulfonamides is 1. The summed E-state index contributed by atoms with van der Waals surface area (Å²) in [5.41, 5.74) is 0. The average Bonchev–Trinajstić information content (AvgIpc) is 2.96. The van der Waals surface area contributed by atoms with E-state index in [0.717, 1.165) is 6.42 Å². The molecule has 120 valence electrons. The second kappa shape index (κ2) is 6.31. The number of methoxy groups -OCH3 is 1. The van der Waals surface area contributed by atoms with Gasteiger partial charge in [-0.25, -0.2) is 8.42 Å². The number of nitrogens with zero attached hydrogens (tertiary/aromatic N) is 2. The maximum atomic E-state index is 12.7. The number of piperazine rings is 1. The Labute approximate surface area is 125 Å². The van der Waals surface area contributed by atoms with Crippen molar-refractivity contribution in [3.63, 3.8) is 0 Å². The molecule has 0 aromatic carbocycles. The minimum Gasteiger partial charge on any atom is -0.469 e. The molecule has 1 aliphatic heterocycles. The summed E-state index contributed by atoms with van der Waals surface area (Å²) in [5.74, 6) is -1.05. The second-order valence-electron chi connectivity index (χ2n) is 5.55. The summed E-state index contributed by atoms with van der Waals surface area (Å²) in [6, 6.07) is 0. The van der Waals surface area contributed by atoms with Gasteiger partial charge in [-0.2, -0.15) is 4.31 Å². The lowest BCUT2D eigenvalue weighted by Crippen LogP contribution is -2.53. The monoisotopic (exact) mass is 318 g/mol. The van der Waals surface area contributed by atoms with Crippen LogP contribution in [-0.4, -0.2) is 68.0 Å². The topological polar surface area (TPSA) is 84.0 Å². The van der Waals surface area contributed by atoms with Gasteiger partial charge < -0.3 is 9.64 Å². The van der Waals surface area contributed by atoms with Crippen molar-refractivity contribution in [2.75, 3.05) is 33.3 Å². The molecule has 2 atom stereocenters. The van der Waals surface area contributed by atoms with E-state index >= 15 is 0 Å². The molecular weight excluding hydrogens is 296 g/mol. The standard InChI is InChI=1S/C13H22N2O5S/c1-10(16)14-6-8-15(9-7-14)21(18,19)12-5-3-4-11(12)13(17)20-2/h11-12H,3-9H2,1-2H3. The van der Waals surface area contributed by atoms with Crippen LogP contribution in [0.1, 0.15) is 26.2 Å². The van der Waals surface area contributed by atoms with Crippen molar-refractivity contribution in [1.29, 1.82) is 0 Å². The van der Waals surface area contributed by atoms with Crippen LogP contribution in [0.5, 0.6) is 0 Å². The van der Waals surface area contributed by atoms with Crippen molar-refractivity contribution in [3.05, 3.63) is 0 Å². The summed E-state index contributed by atoms with van der Waals surface area (Å²) >= 11 is 0. The molecule has 0 aromatic rings. The molecule has 0 bridgehead atoms. The van der Waals surface area contributed by atoms with Gasteiger partial charge in [0.2, 0.25) is 15.9 Å². The van der Waals surface area contributed by atoms with Gasteiger partial charge in [-0.1, -0.05) is 6.42 Å². The van der Waals surface area contributed by atoms with Crippen LogP contribution in [0.3, 0.4) is 0 Å². The molecule has 0 radical (unpaired) electrons. The Bertz CT molecular complexity index is 511. The summed E-state index contributed by atoms with van der Waals surface area (Å²) in [7, 11) is -2.23. The molecule has 1 heterocycles. The van der Waals surface area contributed by atoms with Crippen LogP contribution >= 0.6 is 0 Å². The molecule has 2 unspecified atom stereocenters. The lowest BCUT2D eigenvalue weighted by Gasteiger charge is -2.35. The van der Waals surface area contributed by atoms with Crippen LogP contribution in [-0.2, 0) is 24.3 Å². The number of rotatable bonds is 3. The van der Waals surface area contributed by atoms with E-state index in [4.69, 9.17) is 4.74 Å². The van der Waals surface area contributed by atoms with Gasteiger partial charge in [0.15, 0.2) is 0 Å². The molecule has 8 heteroatoms. The summed E-state index contributed by atoms with van der Waals surface area (Å²) in [5, 5.41) is -0.686. The minimum absolute atomic E-state index is 0.0413. The third-order valence-electron chi connectivity index (χ3n) is 4.38. The quantitative estimate of drug-likeness (QED) is 0.674. The van der Waals surface area contributed by atoms with Gasteiger partial charge in [0.25, 0.3) is 0 Å². The van der Waals surface area contributed by atoms with Gasteiger partial charge in [0.05, 0.1) is 18.3 Å². The zero-order chi connectivity index (χ0) is 15.6. The fraction of sp³-hybridized carbons (Fsp3) is 0.846. The lowest BCUT2D eigenvalue weighted by atomic mass is 10.1. The number of carbonyl (C=O) groups excluding carboxylic acids is 2. The molecule has 0 N–H and O–H groups in total. The first-order valence-electron chi connectivity index (χ1n) is 7.20. The van der Waals surface area contributed by atoms with Crippen molar-refractivity contribution >= 4 is 21.9 Å². The summed E-state index contributed by atoms with van der Waals surface area (Å²) in [4.78, 5) is 24.7. The normalized spacial score (nSPS) is 27.6. The molecule has 2 fully saturated rings. The minimum atomic E-state index is -3.52. The Morgan fingerprint density at radius 3 is 2.24 bits per heavy atom. The third kappa shape index (κ3) is 3.21. The fourth-order valence-electron chi connectivity index (χ4n) is 3.15. The lowest BCUT2D eigenvalue weighted by molar-refractivity contribution is -0.145. The SMILES string of the molecule is COC(=O)C1CCCC1S(=O)(=O)N1CCN(C(C)=O)CC1. The maximum Gasteiger partial charge on any atom is 0.310 e. The van der Waals surface area contributed by atoms with Crippen LogP contribution in [0.2, 0.25) is 0 Å². The Balaban J connectivity index is 2.08. The number of hydrogen-bond acceptors (Lipinski definition) is 5. The third-order valence-corrected chi connectivity index (χ3v) is 6.80. The zero-order valence-electron chi connectivity index (χ0n) is 12.4. The van der Waals surface area contributed by atoms with Crippen LogP contribution < -0.4 is 0 Å². The highest BCUT2D eigenvalue weighted by Gasteiger charge is 2.45. The van der Waals surface area contributed by atoms with E-state index in [-0.39, 0.29) is 5.91 Å². The molecule has 1 saturated carbocycles. The fourth-order valence-corrected chi connectivity index (χ4v) is 5.33. The Morgan fingerprint density at radius 2 is 1.71 bits per heavy atom. The van der Waals surface area contributed by atoms with Crippen LogP contribution in [0.4, 0.5) is 0 Å². The number of amides is 1. The van der Waals surface area contributed by atoms with Crippen molar-refractivity contribution in [1.82, 2.24) is 9.21 Å². The van der Waals surface area contributed by atoms with Gasteiger partial charge in [0, 0.05) is 33.1 Å². The smallest absolute Gasteiger partial charge is 0.310 e. The summed E-state index contributed by atoms with van der Waals surface area (Å²) < 4.78 is 31.6. The molecular formula is C13H22N2O5S. The molecule has 1 amide bonds. The molecule has 1 saturated heterocycles. The Hall–Kier alpha value is -1.15. The van der Waals surface area contributed by atoms with E-state index in [1.165, 1.54) is 18.3 Å². The van der Waals surface area contributed by atoms with Crippen LogP contribution in [0, 0.1) is 5.92 Å². The highest BCUT2D eigenvalue weighted by Crippen LogP contribution is 2.34. The van der Waals surface area contributed by atoms with Crippen LogP contribution in [0.15, 0.2) is 0 Å². The van der Waals surface area contributed by atoms with Gasteiger partial charge in [-0.15, -0.1) is 0 Å². The van der Waals surface area contributed by atoms with E-state index in [0.29, 0.717) is 39.0 Å². The van der Waals surface area contributed by atoms with Crippen LogP contribution in [0.25, 0.3) is 0 Å². The second-order valence-corrected chi connectivity index (χ2v) is 7.70. The van der Waals surface area contributed by atoms with E-state index in [2.05, 4.69) is 0 Å². The predicted octanol–water partition coefficient (Wildman–Crippen LogP) is -0.178. The van der Waals surface area contributed by atoms with E-state index < -0.39 is 27.2 Å². The first-order chi connectivity index (χ1) is 9.87. The van der Waals surface area contributed by atoms with E-state index in [1.807, 2.05) is 0 Å². The van der Waals surface area contributed by atoms with Crippen molar-refractivity contribution in [2.24, 2.45) is 5.92 Å². The first-order valence-corrected chi connectivity index (χ1v) is 8.70. The van der Waals surface area contributed by atoms with Gasteiger partial charge in [-0.3, -0.25) is 9.59 Å². The van der Waals surface area contributed by atoms with Crippen molar-refractivity contribution in [2.45, 2.75) is 31.4 Å². The Morgan fingerprint density at radius 1 is 1.10 bits per heavy atom. The molecule has 21 heavy (non-hydrogen) atoms. The highest BCUT2D eigenvalue weighted by molar-refractivity contribution is 7.89. The zero-order valence-corrected chi connectivity index (χ0v) is 13.3. The summed E-state index contributed by atoms with van der Waals surface area (Å²) in [6.07, 6.45) is 1.77. The molecule has 2 rings (SSSR count). The van der Waals surface area contributed by atoms with Crippen molar-refractivity contribution < 1.29 is 22.7 Å². The molecule has 1 aliphatic carbocycles. The molecule has 0 spiro atoms. The van der Waals surface area contributed by atoms with E-state index in [1.54, 1.807) is 4.90 Å². The highest BCUT2D eigenvalue weighted by atomic mass is 32.2. The number of hydrogen-bond donors (Lipinski definition) is 0. The average molecular weight is 318 g/mol. The first kappa shape index (κ1) is 16.2. The largest absolute Gasteiger partial charge is 0.469 e. The summed E-state index contributed by atoms with van der Waals surface area (Å²) in [6.45, 7) is 2.89. The molecule has 0 aromatic heterocycles. The van der Waals surface area contributed by atoms with E-state index in [9.17, 15) is 18.0 Å². The molecule has 2 aliphatic rings. The number of carbonyl (C=O) groups is 2. The predicted molar refractivity (Wildman–Crippen MR) is 75.9 cm³/mol. The Kier molecular flexibility index (Phi) is 4.88. The van der Waals surface area contributed by atoms with Gasteiger partial charge in [-0.05, 0) is 12.8 Å². The molecule has 7 nitrogen and oxygen atoms in total. The number of esters is 1.